The standard InChI is InChI=1S/C16H20N6O2/c1-11-12(2)19-15(13-9-17-3-4-18-13)20-16(11)22-7-5-21(6-8-22)10-14(23)24/h3-4,9H,5-8,10H2,1-2H3,(H,23,24). The summed E-state index contributed by atoms with van der Waals surface area (Å²) in [5.74, 6) is 0.662. The van der Waals surface area contributed by atoms with Gasteiger partial charge in [-0.2, -0.15) is 0 Å². The summed E-state index contributed by atoms with van der Waals surface area (Å²) >= 11 is 0. The second kappa shape index (κ2) is 6.88. The first-order valence-electron chi connectivity index (χ1n) is 7.85. The van der Waals surface area contributed by atoms with Crippen molar-refractivity contribution in [3.63, 3.8) is 0 Å². The van der Waals surface area contributed by atoms with E-state index in [4.69, 9.17) is 10.1 Å². The average Bonchev–Trinajstić information content (AvgIpc) is 2.58. The SMILES string of the molecule is Cc1nc(-c2cnccn2)nc(N2CCN(CC(=O)O)CC2)c1C. The van der Waals surface area contributed by atoms with Gasteiger partial charge in [-0.3, -0.25) is 14.7 Å². The van der Waals surface area contributed by atoms with Crippen molar-refractivity contribution in [2.45, 2.75) is 13.8 Å². The highest BCUT2D eigenvalue weighted by atomic mass is 16.4. The summed E-state index contributed by atoms with van der Waals surface area (Å²) in [4.78, 5) is 32.5. The molecule has 0 bridgehead atoms. The number of carboxylic acids is 1. The predicted octanol–water partition coefficient (Wildman–Crippen LogP) is 0.757. The second-order valence-corrected chi connectivity index (χ2v) is 5.83. The minimum Gasteiger partial charge on any atom is -0.480 e. The van der Waals surface area contributed by atoms with Crippen molar-refractivity contribution in [2.24, 2.45) is 0 Å². The van der Waals surface area contributed by atoms with E-state index in [-0.39, 0.29) is 6.54 Å². The van der Waals surface area contributed by atoms with E-state index in [2.05, 4.69) is 19.9 Å². The van der Waals surface area contributed by atoms with E-state index < -0.39 is 5.97 Å². The first-order valence-corrected chi connectivity index (χ1v) is 7.85. The van der Waals surface area contributed by atoms with E-state index in [0.717, 1.165) is 30.2 Å². The minimum atomic E-state index is -0.789. The molecule has 1 aliphatic rings. The van der Waals surface area contributed by atoms with Gasteiger partial charge in [0.1, 0.15) is 11.5 Å². The third kappa shape index (κ3) is 3.48. The van der Waals surface area contributed by atoms with Gasteiger partial charge in [0.25, 0.3) is 0 Å². The van der Waals surface area contributed by atoms with Crippen molar-refractivity contribution in [1.82, 2.24) is 24.8 Å². The smallest absolute Gasteiger partial charge is 0.317 e. The molecule has 1 fully saturated rings. The summed E-state index contributed by atoms with van der Waals surface area (Å²) in [6, 6.07) is 0. The molecule has 0 amide bonds. The van der Waals surface area contributed by atoms with Gasteiger partial charge >= 0.3 is 5.97 Å². The Balaban J connectivity index is 1.83. The zero-order valence-electron chi connectivity index (χ0n) is 13.8. The predicted molar refractivity (Wildman–Crippen MR) is 88.8 cm³/mol. The molecule has 8 nitrogen and oxygen atoms in total. The van der Waals surface area contributed by atoms with Crippen LogP contribution in [0.4, 0.5) is 5.82 Å². The fraction of sp³-hybridized carbons (Fsp3) is 0.438. The fourth-order valence-electron chi connectivity index (χ4n) is 2.76. The quantitative estimate of drug-likeness (QED) is 0.879. The van der Waals surface area contributed by atoms with Gasteiger partial charge in [-0.05, 0) is 13.8 Å². The van der Waals surface area contributed by atoms with Crippen LogP contribution in [-0.4, -0.2) is 68.6 Å². The molecular formula is C16H20N6O2. The summed E-state index contributed by atoms with van der Waals surface area (Å²) in [7, 11) is 0. The third-order valence-corrected chi connectivity index (χ3v) is 4.19. The Morgan fingerprint density at radius 1 is 1.17 bits per heavy atom. The van der Waals surface area contributed by atoms with Crippen molar-refractivity contribution in [2.75, 3.05) is 37.6 Å². The highest BCUT2D eigenvalue weighted by molar-refractivity contribution is 5.69. The van der Waals surface area contributed by atoms with E-state index in [9.17, 15) is 4.79 Å². The van der Waals surface area contributed by atoms with Crippen LogP contribution in [0.2, 0.25) is 0 Å². The van der Waals surface area contributed by atoms with Gasteiger partial charge in [0.2, 0.25) is 0 Å². The van der Waals surface area contributed by atoms with Crippen LogP contribution in [0, 0.1) is 13.8 Å². The summed E-state index contributed by atoms with van der Waals surface area (Å²) in [5, 5.41) is 8.90. The highest BCUT2D eigenvalue weighted by Crippen LogP contribution is 2.24. The molecule has 0 unspecified atom stereocenters. The van der Waals surface area contributed by atoms with Crippen molar-refractivity contribution >= 4 is 11.8 Å². The number of aromatic nitrogens is 4. The molecule has 3 rings (SSSR count). The molecule has 1 N–H and O–H groups in total. The zero-order valence-corrected chi connectivity index (χ0v) is 13.8. The summed E-state index contributed by atoms with van der Waals surface area (Å²) in [6.07, 6.45) is 4.89. The molecule has 0 saturated carbocycles. The van der Waals surface area contributed by atoms with Crippen LogP contribution in [0.3, 0.4) is 0 Å². The Hall–Kier alpha value is -2.61. The lowest BCUT2D eigenvalue weighted by molar-refractivity contribution is -0.138. The number of hydrogen-bond donors (Lipinski definition) is 1. The normalized spacial score (nSPS) is 15.5. The zero-order chi connectivity index (χ0) is 17.1. The van der Waals surface area contributed by atoms with E-state index in [1.807, 2.05) is 18.7 Å². The lowest BCUT2D eigenvalue weighted by Crippen LogP contribution is -2.48. The summed E-state index contributed by atoms with van der Waals surface area (Å²) in [6.45, 7) is 6.94. The molecule has 1 saturated heterocycles. The summed E-state index contributed by atoms with van der Waals surface area (Å²) in [5.41, 5.74) is 2.59. The van der Waals surface area contributed by atoms with Gasteiger partial charge in [0, 0.05) is 49.8 Å². The number of rotatable bonds is 4. The van der Waals surface area contributed by atoms with Crippen LogP contribution >= 0.6 is 0 Å². The van der Waals surface area contributed by atoms with E-state index in [0.29, 0.717) is 24.6 Å². The Morgan fingerprint density at radius 2 is 1.92 bits per heavy atom. The third-order valence-electron chi connectivity index (χ3n) is 4.19. The fourth-order valence-corrected chi connectivity index (χ4v) is 2.76. The number of carboxylic acid groups (broad SMARTS) is 1. The molecule has 0 spiro atoms. The minimum absolute atomic E-state index is 0.0838. The van der Waals surface area contributed by atoms with Gasteiger partial charge in [0.05, 0.1) is 12.7 Å². The average molecular weight is 328 g/mol. The lowest BCUT2D eigenvalue weighted by Gasteiger charge is -2.35. The van der Waals surface area contributed by atoms with Crippen LogP contribution in [0.15, 0.2) is 18.6 Å². The molecule has 2 aromatic rings. The van der Waals surface area contributed by atoms with Gasteiger partial charge in [-0.1, -0.05) is 0 Å². The van der Waals surface area contributed by atoms with Gasteiger partial charge < -0.3 is 10.0 Å². The largest absolute Gasteiger partial charge is 0.480 e. The van der Waals surface area contributed by atoms with Crippen LogP contribution in [0.25, 0.3) is 11.5 Å². The van der Waals surface area contributed by atoms with Crippen LogP contribution in [0.5, 0.6) is 0 Å². The molecule has 2 aromatic heterocycles. The number of nitrogens with zero attached hydrogens (tertiary/aromatic N) is 6. The number of anilines is 1. The number of carbonyl (C=O) groups is 1. The maximum absolute atomic E-state index is 10.8. The highest BCUT2D eigenvalue weighted by Gasteiger charge is 2.22. The topological polar surface area (TPSA) is 95.3 Å². The molecule has 3 heterocycles. The van der Waals surface area contributed by atoms with Gasteiger partial charge in [0.15, 0.2) is 5.82 Å². The van der Waals surface area contributed by atoms with Gasteiger partial charge in [-0.15, -0.1) is 0 Å². The van der Waals surface area contributed by atoms with Crippen LogP contribution < -0.4 is 4.90 Å². The second-order valence-electron chi connectivity index (χ2n) is 5.83. The summed E-state index contributed by atoms with van der Waals surface area (Å²) < 4.78 is 0. The van der Waals surface area contributed by atoms with Gasteiger partial charge in [-0.25, -0.2) is 15.0 Å². The molecule has 24 heavy (non-hydrogen) atoms. The molecule has 0 aromatic carbocycles. The molecule has 126 valence electrons. The van der Waals surface area contributed by atoms with Crippen LogP contribution in [-0.2, 0) is 4.79 Å². The molecule has 0 atom stereocenters. The van der Waals surface area contributed by atoms with Crippen LogP contribution in [0.1, 0.15) is 11.3 Å². The lowest BCUT2D eigenvalue weighted by atomic mass is 10.2. The number of aliphatic carboxylic acids is 1. The molecule has 0 radical (unpaired) electrons. The van der Waals surface area contributed by atoms with Crippen molar-refractivity contribution < 1.29 is 9.90 Å². The maximum Gasteiger partial charge on any atom is 0.317 e. The number of hydrogen-bond acceptors (Lipinski definition) is 7. The van der Waals surface area contributed by atoms with Crippen molar-refractivity contribution in [3.05, 3.63) is 29.8 Å². The number of piperazine rings is 1. The van der Waals surface area contributed by atoms with Crippen molar-refractivity contribution in [3.8, 4) is 11.5 Å². The molecule has 1 aliphatic heterocycles. The van der Waals surface area contributed by atoms with Crippen molar-refractivity contribution in [1.29, 1.82) is 0 Å². The van der Waals surface area contributed by atoms with E-state index in [1.54, 1.807) is 18.6 Å². The Labute approximate surface area is 140 Å². The Kier molecular flexibility index (Phi) is 4.66. The first-order chi connectivity index (χ1) is 11.5. The molecular weight excluding hydrogens is 308 g/mol. The Bertz CT molecular complexity index is 729. The molecule has 0 aliphatic carbocycles. The van der Waals surface area contributed by atoms with E-state index in [1.165, 1.54) is 0 Å². The monoisotopic (exact) mass is 328 g/mol. The number of aryl methyl sites for hydroxylation is 1. The first kappa shape index (κ1) is 16.3. The van der Waals surface area contributed by atoms with E-state index >= 15 is 0 Å². The maximum atomic E-state index is 10.8. The molecule has 8 heteroatoms. The Morgan fingerprint density at radius 3 is 2.54 bits per heavy atom.